The molecule has 0 heterocycles. The monoisotopic (exact) mass is 1010 g/mol. The van der Waals surface area contributed by atoms with Gasteiger partial charge in [0, 0.05) is 19.3 Å². The molecule has 0 amide bonds. The minimum atomic E-state index is -0.783. The van der Waals surface area contributed by atoms with Crippen LogP contribution in [-0.4, -0.2) is 37.2 Å². The third-order valence-corrected chi connectivity index (χ3v) is 13.1. The van der Waals surface area contributed by atoms with E-state index < -0.39 is 6.10 Å². The Morgan fingerprint density at radius 3 is 0.836 bits per heavy atom. The van der Waals surface area contributed by atoms with Gasteiger partial charge in [-0.25, -0.2) is 0 Å². The first-order chi connectivity index (χ1) is 36.0. The summed E-state index contributed by atoms with van der Waals surface area (Å²) in [6, 6.07) is 0. The molecular formula is C67H114O6. The SMILES string of the molecule is CC/C=C\C/C=C\C/C=C\C/C=C\C/C=C\CCCCCCCCCCCCCCCCCC(=O)OCC(COC(=O)CCCCCCCCCCC)OC(=O)CCCCCCC/C=C\C/C=C\C/C=C\CC. The highest BCUT2D eigenvalue weighted by Gasteiger charge is 2.19. The summed E-state index contributed by atoms with van der Waals surface area (Å²) in [6.07, 6.45) is 81.4. The van der Waals surface area contributed by atoms with Gasteiger partial charge in [-0.3, -0.25) is 14.4 Å². The maximum absolute atomic E-state index is 12.8. The molecule has 0 aliphatic rings. The van der Waals surface area contributed by atoms with Crippen LogP contribution in [0.4, 0.5) is 0 Å². The molecule has 0 bridgehead atoms. The summed E-state index contributed by atoms with van der Waals surface area (Å²) in [4.78, 5) is 38.1. The Bertz CT molecular complexity index is 1440. The van der Waals surface area contributed by atoms with Gasteiger partial charge in [-0.05, 0) is 96.3 Å². The van der Waals surface area contributed by atoms with E-state index >= 15 is 0 Å². The van der Waals surface area contributed by atoms with Crippen LogP contribution in [0.1, 0.15) is 290 Å². The Hall–Kier alpha value is -3.67. The van der Waals surface area contributed by atoms with E-state index in [9.17, 15) is 14.4 Å². The van der Waals surface area contributed by atoms with Crippen LogP contribution >= 0.6 is 0 Å². The van der Waals surface area contributed by atoms with Crippen LogP contribution in [0.25, 0.3) is 0 Å². The van der Waals surface area contributed by atoms with E-state index in [1.807, 2.05) is 0 Å². The Morgan fingerprint density at radius 2 is 0.534 bits per heavy atom. The van der Waals surface area contributed by atoms with Crippen LogP contribution in [-0.2, 0) is 28.6 Å². The molecule has 1 unspecified atom stereocenters. The summed E-state index contributed by atoms with van der Waals surface area (Å²) in [5.41, 5.74) is 0. The van der Waals surface area contributed by atoms with Crippen LogP contribution in [0.5, 0.6) is 0 Å². The highest BCUT2D eigenvalue weighted by Crippen LogP contribution is 2.16. The zero-order valence-corrected chi connectivity index (χ0v) is 47.9. The second-order valence-electron chi connectivity index (χ2n) is 20.2. The minimum absolute atomic E-state index is 0.0814. The number of allylic oxidation sites excluding steroid dienone is 16. The number of ether oxygens (including phenoxy) is 3. The van der Waals surface area contributed by atoms with Crippen molar-refractivity contribution in [1.82, 2.24) is 0 Å². The largest absolute Gasteiger partial charge is 0.462 e. The molecule has 0 aromatic heterocycles. The molecule has 0 aromatic carbocycles. The second kappa shape index (κ2) is 60.9. The summed E-state index contributed by atoms with van der Waals surface area (Å²) in [5.74, 6) is -0.895. The lowest BCUT2D eigenvalue weighted by Gasteiger charge is -2.18. The number of carbonyl (C=O) groups excluding carboxylic acids is 3. The molecule has 0 rings (SSSR count). The first-order valence-corrected chi connectivity index (χ1v) is 30.7. The van der Waals surface area contributed by atoms with Crippen LogP contribution in [0.15, 0.2) is 97.2 Å². The van der Waals surface area contributed by atoms with Crippen molar-refractivity contribution in [1.29, 1.82) is 0 Å². The lowest BCUT2D eigenvalue weighted by Crippen LogP contribution is -2.30. The number of unbranched alkanes of at least 4 members (excludes halogenated alkanes) is 28. The maximum Gasteiger partial charge on any atom is 0.306 e. The summed E-state index contributed by atoms with van der Waals surface area (Å²) in [6.45, 7) is 6.39. The average molecular weight is 1020 g/mol. The van der Waals surface area contributed by atoms with Crippen molar-refractivity contribution in [2.45, 2.75) is 297 Å². The minimum Gasteiger partial charge on any atom is -0.462 e. The smallest absolute Gasteiger partial charge is 0.306 e. The number of carbonyl (C=O) groups is 3. The van der Waals surface area contributed by atoms with Crippen LogP contribution in [0.3, 0.4) is 0 Å². The molecule has 0 aliphatic carbocycles. The molecule has 418 valence electrons. The van der Waals surface area contributed by atoms with Gasteiger partial charge in [-0.2, -0.15) is 0 Å². The first-order valence-electron chi connectivity index (χ1n) is 30.7. The van der Waals surface area contributed by atoms with Crippen LogP contribution in [0.2, 0.25) is 0 Å². The number of hydrogen-bond donors (Lipinski definition) is 0. The summed E-state index contributed by atoms with van der Waals surface area (Å²) in [7, 11) is 0. The number of rotatable bonds is 55. The van der Waals surface area contributed by atoms with Crippen molar-refractivity contribution < 1.29 is 28.6 Å². The maximum atomic E-state index is 12.8. The average Bonchev–Trinajstić information content (AvgIpc) is 3.39. The highest BCUT2D eigenvalue weighted by molar-refractivity contribution is 5.71. The fraction of sp³-hybridized carbons (Fsp3) is 0.716. The summed E-state index contributed by atoms with van der Waals surface area (Å²) < 4.78 is 16.8. The van der Waals surface area contributed by atoms with E-state index in [1.165, 1.54) is 122 Å². The van der Waals surface area contributed by atoms with Gasteiger partial charge < -0.3 is 14.2 Å². The number of hydrogen-bond acceptors (Lipinski definition) is 6. The molecule has 0 radical (unpaired) electrons. The van der Waals surface area contributed by atoms with E-state index in [1.54, 1.807) is 0 Å². The van der Waals surface area contributed by atoms with E-state index in [0.29, 0.717) is 19.3 Å². The molecule has 6 heteroatoms. The molecule has 1 atom stereocenters. The lowest BCUT2D eigenvalue weighted by atomic mass is 10.0. The molecule has 73 heavy (non-hydrogen) atoms. The first kappa shape index (κ1) is 69.3. The molecule has 0 aromatic rings. The Labute approximate surface area is 451 Å². The Balaban J connectivity index is 4.12. The molecular weight excluding hydrogens is 901 g/mol. The summed E-state index contributed by atoms with van der Waals surface area (Å²) >= 11 is 0. The summed E-state index contributed by atoms with van der Waals surface area (Å²) in [5, 5.41) is 0. The van der Waals surface area contributed by atoms with E-state index in [-0.39, 0.29) is 31.1 Å². The van der Waals surface area contributed by atoms with Crippen molar-refractivity contribution in [3.63, 3.8) is 0 Å². The highest BCUT2D eigenvalue weighted by atomic mass is 16.6. The molecule has 0 N–H and O–H groups in total. The van der Waals surface area contributed by atoms with Crippen molar-refractivity contribution in [2.24, 2.45) is 0 Å². The third kappa shape index (κ3) is 59.1. The van der Waals surface area contributed by atoms with Crippen LogP contribution < -0.4 is 0 Å². The third-order valence-electron chi connectivity index (χ3n) is 13.1. The van der Waals surface area contributed by atoms with Crippen LogP contribution in [0, 0.1) is 0 Å². The van der Waals surface area contributed by atoms with Gasteiger partial charge in [0.05, 0.1) is 0 Å². The van der Waals surface area contributed by atoms with Gasteiger partial charge in [0.1, 0.15) is 13.2 Å². The molecule has 0 aliphatic heterocycles. The fourth-order valence-electron chi connectivity index (χ4n) is 8.54. The van der Waals surface area contributed by atoms with Gasteiger partial charge in [0.2, 0.25) is 0 Å². The Morgan fingerprint density at radius 1 is 0.288 bits per heavy atom. The predicted octanol–water partition coefficient (Wildman–Crippen LogP) is 20.9. The fourth-order valence-corrected chi connectivity index (χ4v) is 8.54. The molecule has 0 saturated heterocycles. The van der Waals surface area contributed by atoms with Gasteiger partial charge in [0.15, 0.2) is 6.10 Å². The van der Waals surface area contributed by atoms with Gasteiger partial charge in [-0.1, -0.05) is 272 Å². The molecule has 0 fully saturated rings. The van der Waals surface area contributed by atoms with E-state index in [4.69, 9.17) is 14.2 Å². The second-order valence-corrected chi connectivity index (χ2v) is 20.2. The van der Waals surface area contributed by atoms with Crippen molar-refractivity contribution in [3.05, 3.63) is 97.2 Å². The van der Waals surface area contributed by atoms with Crippen molar-refractivity contribution in [2.75, 3.05) is 13.2 Å². The molecule has 0 saturated carbocycles. The zero-order chi connectivity index (χ0) is 52.9. The topological polar surface area (TPSA) is 78.9 Å². The van der Waals surface area contributed by atoms with Crippen molar-refractivity contribution in [3.8, 4) is 0 Å². The van der Waals surface area contributed by atoms with Gasteiger partial charge in [0.25, 0.3) is 0 Å². The van der Waals surface area contributed by atoms with Crippen molar-refractivity contribution >= 4 is 17.9 Å². The van der Waals surface area contributed by atoms with Gasteiger partial charge >= 0.3 is 17.9 Å². The van der Waals surface area contributed by atoms with Gasteiger partial charge in [-0.15, -0.1) is 0 Å². The normalized spacial score (nSPS) is 12.8. The lowest BCUT2D eigenvalue weighted by molar-refractivity contribution is -0.167. The van der Waals surface area contributed by atoms with E-state index in [0.717, 1.165) is 128 Å². The number of esters is 3. The Kier molecular flexibility index (Phi) is 57.8. The molecule has 0 spiro atoms. The standard InChI is InChI=1S/C67H114O6/c1-4-7-10-13-16-19-21-23-25-26-27-28-29-30-31-32-33-34-35-36-37-38-39-40-42-43-45-48-51-54-57-60-66(69)72-63-64(62-71-65(68)59-56-53-50-47-18-15-12-9-6-3)73-67(70)61-58-55-52-49-46-44-41-24-22-20-17-14-11-8-5-2/h7-8,10-11,16-17,19-20,23-25,27-28,30-31,41,64H,4-6,9,12-15,18,21-22,26,29,32-40,42-63H2,1-3H3/b10-7-,11-8-,19-16-,20-17-,25-23-,28-27-,31-30-,41-24-. The zero-order valence-electron chi connectivity index (χ0n) is 47.9. The molecule has 6 nitrogen and oxygen atoms in total. The van der Waals surface area contributed by atoms with E-state index in [2.05, 4.69) is 118 Å². The predicted molar refractivity (Wildman–Crippen MR) is 316 cm³/mol. The quantitative estimate of drug-likeness (QED) is 0.0261.